The molecule has 0 aliphatic rings. The maximum absolute atomic E-state index is 5.31. The first-order valence-corrected chi connectivity index (χ1v) is 7.04. The summed E-state index contributed by atoms with van der Waals surface area (Å²) in [4.78, 5) is 10.9. The zero-order valence-electron chi connectivity index (χ0n) is 13.0. The standard InChI is InChI=1S/C15H22N4O2/c1-11(2)15-17-14(18-21-15)9-19(3)13(10-20-4)12-7-5-6-8-16-12/h5-8,11,13H,9-10H2,1-4H3. The Morgan fingerprint density at radius 3 is 2.71 bits per heavy atom. The average molecular weight is 290 g/mol. The van der Waals surface area contributed by atoms with E-state index in [1.165, 1.54) is 0 Å². The van der Waals surface area contributed by atoms with Gasteiger partial charge in [0.1, 0.15) is 0 Å². The maximum Gasteiger partial charge on any atom is 0.229 e. The Hall–Kier alpha value is -1.79. The molecule has 2 aromatic heterocycles. The zero-order valence-corrected chi connectivity index (χ0v) is 13.0. The lowest BCUT2D eigenvalue weighted by Crippen LogP contribution is -2.28. The van der Waals surface area contributed by atoms with Crippen LogP contribution < -0.4 is 0 Å². The van der Waals surface area contributed by atoms with Crippen molar-refractivity contribution in [3.05, 3.63) is 41.8 Å². The molecule has 0 fully saturated rings. The molecule has 114 valence electrons. The van der Waals surface area contributed by atoms with Crippen LogP contribution in [0.5, 0.6) is 0 Å². The van der Waals surface area contributed by atoms with E-state index in [4.69, 9.17) is 9.26 Å². The summed E-state index contributed by atoms with van der Waals surface area (Å²) >= 11 is 0. The van der Waals surface area contributed by atoms with Crippen LogP contribution in [0, 0.1) is 0 Å². The van der Waals surface area contributed by atoms with E-state index in [0.717, 1.165) is 5.69 Å². The summed E-state index contributed by atoms with van der Waals surface area (Å²) in [5.74, 6) is 1.58. The molecule has 0 amide bonds. The van der Waals surface area contributed by atoms with Gasteiger partial charge in [-0.15, -0.1) is 0 Å². The lowest BCUT2D eigenvalue weighted by atomic mass is 10.1. The minimum absolute atomic E-state index is 0.0530. The summed E-state index contributed by atoms with van der Waals surface area (Å²) in [6.45, 7) is 5.20. The first-order chi connectivity index (χ1) is 10.1. The molecule has 1 atom stereocenters. The van der Waals surface area contributed by atoms with Gasteiger partial charge in [-0.05, 0) is 19.2 Å². The summed E-state index contributed by atoms with van der Waals surface area (Å²) in [5.41, 5.74) is 0.967. The van der Waals surface area contributed by atoms with Crippen molar-refractivity contribution < 1.29 is 9.26 Å². The van der Waals surface area contributed by atoms with Gasteiger partial charge in [0.2, 0.25) is 5.89 Å². The van der Waals surface area contributed by atoms with Crippen LogP contribution >= 0.6 is 0 Å². The third-order valence-electron chi connectivity index (χ3n) is 3.25. The third-order valence-corrected chi connectivity index (χ3v) is 3.25. The van der Waals surface area contributed by atoms with E-state index in [2.05, 4.69) is 20.0 Å². The minimum Gasteiger partial charge on any atom is -0.383 e. The number of methoxy groups -OCH3 is 1. The van der Waals surface area contributed by atoms with Gasteiger partial charge >= 0.3 is 0 Å². The number of nitrogens with zero attached hydrogens (tertiary/aromatic N) is 4. The smallest absolute Gasteiger partial charge is 0.229 e. The Bertz CT molecular complexity index is 542. The van der Waals surface area contributed by atoms with Crippen LogP contribution in [0.1, 0.15) is 43.2 Å². The van der Waals surface area contributed by atoms with Gasteiger partial charge in [-0.25, -0.2) is 0 Å². The third kappa shape index (κ3) is 4.09. The van der Waals surface area contributed by atoms with E-state index in [1.54, 1.807) is 13.3 Å². The minimum atomic E-state index is 0.0530. The SMILES string of the molecule is COCC(c1ccccn1)N(C)Cc1noc(C(C)C)n1. The average Bonchev–Trinajstić information content (AvgIpc) is 2.94. The van der Waals surface area contributed by atoms with Gasteiger partial charge in [0, 0.05) is 19.2 Å². The fourth-order valence-electron chi connectivity index (χ4n) is 2.07. The van der Waals surface area contributed by atoms with Crippen molar-refractivity contribution in [3.63, 3.8) is 0 Å². The molecule has 21 heavy (non-hydrogen) atoms. The molecular formula is C15H22N4O2. The fraction of sp³-hybridized carbons (Fsp3) is 0.533. The topological polar surface area (TPSA) is 64.3 Å². The van der Waals surface area contributed by atoms with Crippen molar-refractivity contribution in [1.29, 1.82) is 0 Å². The number of hydrogen-bond donors (Lipinski definition) is 0. The second kappa shape index (κ2) is 7.28. The largest absolute Gasteiger partial charge is 0.383 e. The highest BCUT2D eigenvalue weighted by atomic mass is 16.5. The van der Waals surface area contributed by atoms with Crippen molar-refractivity contribution in [2.75, 3.05) is 20.8 Å². The molecule has 2 rings (SSSR count). The summed E-state index contributed by atoms with van der Waals surface area (Å²) in [5, 5.41) is 4.02. The van der Waals surface area contributed by atoms with E-state index in [-0.39, 0.29) is 12.0 Å². The van der Waals surface area contributed by atoms with Gasteiger partial charge in [0.15, 0.2) is 5.82 Å². The van der Waals surface area contributed by atoms with Gasteiger partial charge in [-0.3, -0.25) is 9.88 Å². The highest BCUT2D eigenvalue weighted by Gasteiger charge is 2.20. The summed E-state index contributed by atoms with van der Waals surface area (Å²) < 4.78 is 10.6. The van der Waals surface area contributed by atoms with Gasteiger partial charge < -0.3 is 9.26 Å². The number of likely N-dealkylation sites (N-methyl/N-ethyl adjacent to an activating group) is 1. The Labute approximate surface area is 125 Å². The van der Waals surface area contributed by atoms with Crippen LogP contribution in [0.4, 0.5) is 0 Å². The monoisotopic (exact) mass is 290 g/mol. The van der Waals surface area contributed by atoms with Crippen LogP contribution in [-0.4, -0.2) is 40.8 Å². The molecular weight excluding hydrogens is 268 g/mol. The van der Waals surface area contributed by atoms with E-state index < -0.39 is 0 Å². The fourth-order valence-corrected chi connectivity index (χ4v) is 2.07. The highest BCUT2D eigenvalue weighted by molar-refractivity contribution is 5.09. The first-order valence-electron chi connectivity index (χ1n) is 7.04. The number of aromatic nitrogens is 3. The quantitative estimate of drug-likeness (QED) is 0.780. The van der Waals surface area contributed by atoms with Gasteiger partial charge in [-0.2, -0.15) is 4.98 Å². The zero-order chi connectivity index (χ0) is 15.2. The van der Waals surface area contributed by atoms with Crippen LogP contribution in [0.15, 0.2) is 28.9 Å². The van der Waals surface area contributed by atoms with Crippen molar-refractivity contribution in [2.24, 2.45) is 0 Å². The van der Waals surface area contributed by atoms with Crippen molar-refractivity contribution in [2.45, 2.75) is 32.4 Å². The molecule has 6 nitrogen and oxygen atoms in total. The van der Waals surface area contributed by atoms with Crippen molar-refractivity contribution >= 4 is 0 Å². The molecule has 1 unspecified atom stereocenters. The molecule has 0 saturated carbocycles. The molecule has 0 saturated heterocycles. The number of hydrogen-bond acceptors (Lipinski definition) is 6. The number of rotatable bonds is 7. The Balaban J connectivity index is 2.09. The summed E-state index contributed by atoms with van der Waals surface area (Å²) in [6.07, 6.45) is 1.79. The maximum atomic E-state index is 5.31. The lowest BCUT2D eigenvalue weighted by Gasteiger charge is -2.25. The first kappa shape index (κ1) is 15.6. The predicted molar refractivity (Wildman–Crippen MR) is 78.7 cm³/mol. The van der Waals surface area contributed by atoms with Crippen LogP contribution in [0.2, 0.25) is 0 Å². The Morgan fingerprint density at radius 2 is 2.14 bits per heavy atom. The summed E-state index contributed by atoms with van der Waals surface area (Å²) in [6, 6.07) is 5.93. The molecule has 0 aliphatic heterocycles. The molecule has 6 heteroatoms. The van der Waals surface area contributed by atoms with E-state index in [1.807, 2.05) is 39.1 Å². The van der Waals surface area contributed by atoms with E-state index >= 15 is 0 Å². The molecule has 0 radical (unpaired) electrons. The molecule has 0 N–H and O–H groups in total. The lowest BCUT2D eigenvalue weighted by molar-refractivity contribution is 0.0980. The summed E-state index contributed by atoms with van der Waals surface area (Å²) in [7, 11) is 3.69. The van der Waals surface area contributed by atoms with Crippen molar-refractivity contribution in [1.82, 2.24) is 20.0 Å². The molecule has 0 bridgehead atoms. The predicted octanol–water partition coefficient (Wildman–Crippen LogP) is 2.41. The molecule has 2 aromatic rings. The van der Waals surface area contributed by atoms with Crippen molar-refractivity contribution in [3.8, 4) is 0 Å². The molecule has 0 spiro atoms. The highest BCUT2D eigenvalue weighted by Crippen LogP contribution is 2.19. The normalized spacial score (nSPS) is 13.0. The second-order valence-electron chi connectivity index (χ2n) is 5.34. The van der Waals surface area contributed by atoms with Crippen LogP contribution in [-0.2, 0) is 11.3 Å². The van der Waals surface area contributed by atoms with Crippen LogP contribution in [0.3, 0.4) is 0 Å². The van der Waals surface area contributed by atoms with Gasteiger partial charge in [-0.1, -0.05) is 25.1 Å². The molecule has 2 heterocycles. The Kier molecular flexibility index (Phi) is 5.41. The molecule has 0 aromatic carbocycles. The van der Waals surface area contributed by atoms with Gasteiger partial charge in [0.05, 0.1) is 24.9 Å². The molecule has 0 aliphatic carbocycles. The number of ether oxygens (including phenoxy) is 1. The second-order valence-corrected chi connectivity index (χ2v) is 5.34. The Morgan fingerprint density at radius 1 is 1.33 bits per heavy atom. The van der Waals surface area contributed by atoms with E-state index in [0.29, 0.717) is 24.9 Å². The van der Waals surface area contributed by atoms with Gasteiger partial charge in [0.25, 0.3) is 0 Å². The van der Waals surface area contributed by atoms with Crippen LogP contribution in [0.25, 0.3) is 0 Å². The van der Waals surface area contributed by atoms with E-state index in [9.17, 15) is 0 Å². The number of pyridine rings is 1.